The van der Waals surface area contributed by atoms with Crippen molar-refractivity contribution in [3.05, 3.63) is 58.7 Å². The Bertz CT molecular complexity index is 720. The Morgan fingerprint density at radius 2 is 1.70 bits per heavy atom. The molecule has 1 aromatic heterocycles. The van der Waals surface area contributed by atoms with Gasteiger partial charge in [-0.3, -0.25) is 0 Å². The van der Waals surface area contributed by atoms with Gasteiger partial charge in [0.05, 0.1) is 18.3 Å². The number of benzene rings is 1. The Balaban J connectivity index is 2.98. The molecule has 1 aromatic carbocycles. The summed E-state index contributed by atoms with van der Waals surface area (Å²) in [7, 11) is 0. The van der Waals surface area contributed by atoms with E-state index in [1.54, 1.807) is 0 Å². The zero-order chi connectivity index (χ0) is 14.9. The van der Waals surface area contributed by atoms with Crippen LogP contribution < -0.4 is 0 Å². The lowest BCUT2D eigenvalue weighted by atomic mass is 9.98. The largest absolute Gasteiger partial charge is 0.251 e. The van der Waals surface area contributed by atoms with Crippen LogP contribution in [0.4, 0.5) is 23.2 Å². The average molecular weight is 277 g/mol. The van der Waals surface area contributed by atoms with Crippen LogP contribution in [0.25, 0.3) is 16.0 Å². The minimum atomic E-state index is -1.33. The summed E-state index contributed by atoms with van der Waals surface area (Å²) >= 11 is 0. The van der Waals surface area contributed by atoms with E-state index < -0.39 is 45.8 Å². The van der Waals surface area contributed by atoms with E-state index >= 15 is 0 Å². The Labute approximate surface area is 110 Å². The fourth-order valence-corrected chi connectivity index (χ4v) is 1.70. The summed E-state index contributed by atoms with van der Waals surface area (Å²) in [4.78, 5) is 5.72. The van der Waals surface area contributed by atoms with Gasteiger partial charge in [-0.25, -0.2) is 23.0 Å². The summed E-state index contributed by atoms with van der Waals surface area (Å²) < 4.78 is 54.4. The van der Waals surface area contributed by atoms with Gasteiger partial charge >= 0.3 is 0 Å². The number of hydrogen-bond donors (Lipinski definition) is 0. The van der Waals surface area contributed by atoms with Gasteiger partial charge in [0, 0.05) is 11.1 Å². The van der Waals surface area contributed by atoms with E-state index in [0.29, 0.717) is 18.3 Å². The minimum Gasteiger partial charge on any atom is -0.236 e. The molecule has 0 bridgehead atoms. The van der Waals surface area contributed by atoms with Crippen molar-refractivity contribution in [3.8, 4) is 17.2 Å². The average Bonchev–Trinajstić information content (AvgIpc) is 2.43. The molecule has 98 valence electrons. The molecule has 0 saturated carbocycles. The number of nitrogens with zero attached hydrogens (tertiary/aromatic N) is 3. The van der Waals surface area contributed by atoms with Crippen molar-refractivity contribution in [1.82, 2.24) is 4.98 Å². The smallest absolute Gasteiger partial charge is 0.236 e. The molecule has 2 rings (SSSR count). The van der Waals surface area contributed by atoms with Gasteiger partial charge in [-0.15, -0.1) is 0 Å². The van der Waals surface area contributed by atoms with Crippen molar-refractivity contribution in [3.63, 3.8) is 0 Å². The Morgan fingerprint density at radius 1 is 1.05 bits per heavy atom. The zero-order valence-electron chi connectivity index (χ0n) is 9.59. The lowest BCUT2D eigenvalue weighted by Crippen LogP contribution is -1.99. The minimum absolute atomic E-state index is 0.435. The Hall–Kier alpha value is -2.93. The van der Waals surface area contributed by atoms with Crippen molar-refractivity contribution in [2.75, 3.05) is 0 Å². The second-order valence-corrected chi connectivity index (χ2v) is 3.62. The number of nitriles is 1. The van der Waals surface area contributed by atoms with Crippen LogP contribution in [-0.4, -0.2) is 4.98 Å². The van der Waals surface area contributed by atoms with Gasteiger partial charge in [0.25, 0.3) is 5.69 Å². The summed E-state index contributed by atoms with van der Waals surface area (Å²) in [6, 6.07) is 2.72. The predicted molar refractivity (Wildman–Crippen MR) is 60.5 cm³/mol. The standard InChI is InChI=1S/C13H3F4N3/c1-19-12-11(9(16)5-20-13(12)17)10-6(4-18)7(14)2-3-8(10)15/h2-3,5H. The van der Waals surface area contributed by atoms with Gasteiger partial charge in [0.1, 0.15) is 23.5 Å². The second kappa shape index (κ2) is 4.98. The van der Waals surface area contributed by atoms with Gasteiger partial charge in [-0.05, 0) is 12.1 Å². The van der Waals surface area contributed by atoms with Gasteiger partial charge < -0.3 is 0 Å². The SMILES string of the molecule is [C-]#[N+]c1c(F)ncc(F)c1-c1c(F)ccc(F)c1C#N. The number of hydrogen-bond acceptors (Lipinski definition) is 2. The maximum Gasteiger partial charge on any atom is 0.251 e. The third-order valence-electron chi connectivity index (χ3n) is 2.54. The maximum atomic E-state index is 13.8. The van der Waals surface area contributed by atoms with E-state index in [1.165, 1.54) is 6.07 Å². The molecule has 0 aliphatic rings. The first-order chi connectivity index (χ1) is 9.51. The summed E-state index contributed by atoms with van der Waals surface area (Å²) in [6.07, 6.45) is 0.435. The number of aromatic nitrogens is 1. The molecule has 0 fully saturated rings. The predicted octanol–water partition coefficient (Wildman–Crippen LogP) is 3.73. The molecule has 0 saturated heterocycles. The molecule has 0 aliphatic carbocycles. The quantitative estimate of drug-likeness (QED) is 0.452. The van der Waals surface area contributed by atoms with E-state index in [0.717, 1.165) is 0 Å². The van der Waals surface area contributed by atoms with Crippen molar-refractivity contribution in [2.45, 2.75) is 0 Å². The highest BCUT2D eigenvalue weighted by Crippen LogP contribution is 2.38. The summed E-state index contributed by atoms with van der Waals surface area (Å²) in [5.41, 5.74) is -3.33. The van der Waals surface area contributed by atoms with Crippen LogP contribution in [0.3, 0.4) is 0 Å². The molecule has 0 atom stereocenters. The molecule has 0 spiro atoms. The van der Waals surface area contributed by atoms with E-state index in [4.69, 9.17) is 11.8 Å². The van der Waals surface area contributed by atoms with Crippen molar-refractivity contribution in [1.29, 1.82) is 5.26 Å². The fraction of sp³-hybridized carbons (Fsp3) is 0. The summed E-state index contributed by atoms with van der Waals surface area (Å²) in [5, 5.41) is 8.84. The van der Waals surface area contributed by atoms with E-state index in [9.17, 15) is 17.6 Å². The van der Waals surface area contributed by atoms with E-state index in [1.807, 2.05) is 0 Å². The molecular formula is C13H3F4N3. The molecule has 0 aliphatic heterocycles. The van der Waals surface area contributed by atoms with Crippen molar-refractivity contribution >= 4 is 5.69 Å². The third kappa shape index (κ3) is 1.95. The summed E-state index contributed by atoms with van der Waals surface area (Å²) in [5.74, 6) is -4.80. The maximum absolute atomic E-state index is 13.8. The van der Waals surface area contributed by atoms with E-state index in [-0.39, 0.29) is 0 Å². The lowest BCUT2D eigenvalue weighted by Gasteiger charge is -2.10. The number of rotatable bonds is 1. The first-order valence-electron chi connectivity index (χ1n) is 5.11. The van der Waals surface area contributed by atoms with Crippen LogP contribution in [-0.2, 0) is 0 Å². The first-order valence-corrected chi connectivity index (χ1v) is 5.11. The molecule has 20 heavy (non-hydrogen) atoms. The third-order valence-corrected chi connectivity index (χ3v) is 2.54. The first kappa shape index (κ1) is 13.5. The van der Waals surface area contributed by atoms with Crippen LogP contribution in [0.5, 0.6) is 0 Å². The molecule has 0 N–H and O–H groups in total. The molecule has 7 heteroatoms. The highest BCUT2D eigenvalue weighted by atomic mass is 19.1. The van der Waals surface area contributed by atoms with Crippen molar-refractivity contribution in [2.24, 2.45) is 0 Å². The molecule has 2 aromatic rings. The molecular weight excluding hydrogens is 274 g/mol. The van der Waals surface area contributed by atoms with Crippen molar-refractivity contribution < 1.29 is 17.6 Å². The number of pyridine rings is 1. The molecule has 0 unspecified atom stereocenters. The van der Waals surface area contributed by atoms with Crippen LogP contribution in [0.2, 0.25) is 0 Å². The van der Waals surface area contributed by atoms with Crippen LogP contribution in [0, 0.1) is 41.3 Å². The molecule has 0 amide bonds. The second-order valence-electron chi connectivity index (χ2n) is 3.62. The normalized spacial score (nSPS) is 9.90. The monoisotopic (exact) mass is 277 g/mol. The highest BCUT2D eigenvalue weighted by Gasteiger charge is 2.24. The molecule has 1 heterocycles. The summed E-state index contributed by atoms with van der Waals surface area (Å²) in [6.45, 7) is 6.80. The topological polar surface area (TPSA) is 41.0 Å². The van der Waals surface area contributed by atoms with Crippen LogP contribution >= 0.6 is 0 Å². The fourth-order valence-electron chi connectivity index (χ4n) is 1.70. The van der Waals surface area contributed by atoms with Crippen LogP contribution in [0.15, 0.2) is 18.3 Å². The van der Waals surface area contributed by atoms with Gasteiger partial charge in [-0.2, -0.15) is 9.65 Å². The molecule has 3 nitrogen and oxygen atoms in total. The lowest BCUT2D eigenvalue weighted by molar-refractivity contribution is 0.565. The Morgan fingerprint density at radius 3 is 2.30 bits per heavy atom. The van der Waals surface area contributed by atoms with Crippen LogP contribution in [0.1, 0.15) is 5.56 Å². The Kier molecular flexibility index (Phi) is 3.36. The van der Waals surface area contributed by atoms with Gasteiger partial charge in [0.15, 0.2) is 0 Å². The van der Waals surface area contributed by atoms with Gasteiger partial charge in [0.2, 0.25) is 5.95 Å². The molecule has 0 radical (unpaired) electrons. The zero-order valence-corrected chi connectivity index (χ0v) is 9.59. The highest BCUT2D eigenvalue weighted by molar-refractivity contribution is 5.82. The number of halogens is 4. The van der Waals surface area contributed by atoms with E-state index in [2.05, 4.69) is 9.83 Å². The van der Waals surface area contributed by atoms with Gasteiger partial charge in [-0.1, -0.05) is 0 Å².